The number of carboxylic acids is 1. The van der Waals surface area contributed by atoms with Crippen LogP contribution in [0.1, 0.15) is 30.9 Å². The minimum absolute atomic E-state index is 0.0284. The summed E-state index contributed by atoms with van der Waals surface area (Å²) >= 11 is 6.10. The number of rotatable bonds is 15. The van der Waals surface area contributed by atoms with E-state index in [1.54, 1.807) is 12.1 Å². The van der Waals surface area contributed by atoms with Gasteiger partial charge in [-0.15, -0.1) is 20.5 Å². The summed E-state index contributed by atoms with van der Waals surface area (Å²) in [6.45, 7) is 2.23. The van der Waals surface area contributed by atoms with Gasteiger partial charge in [-0.05, 0) is 31.5 Å². The molecule has 0 amide bonds. The molecule has 3 aromatic rings. The molecule has 0 saturated carbocycles. The van der Waals surface area contributed by atoms with Crippen LogP contribution in [0.5, 0.6) is 11.5 Å². The Morgan fingerprint density at radius 2 is 1.49 bits per heavy atom. The number of non-ortho nitro benzene ring substituents is 1. The molecule has 228 valence electrons. The fraction of sp³-hybridized carbons (Fsp3) is 0.321. The Hall–Kier alpha value is -4.66. The molecule has 0 radical (unpaired) electrons. The standard InChI is InChI=1S/C28H31ClN6O8/c1-4-34(9-5-6-28(38)39)25-11-18(16-37)23(14-27(25)43-3)32-33-24-10-17(15-36)22(13-26(24)42-2)31-30-21-8-7-19(35(40)41)12-20(21)29/h7-8,10-14,36-37H,4-6,9,15-16H2,1-3H3,(H,38,39). The largest absolute Gasteiger partial charge is 0.495 e. The van der Waals surface area contributed by atoms with E-state index in [1.165, 1.54) is 38.5 Å². The number of carboxylic acid groups (broad SMARTS) is 1. The molecule has 0 heterocycles. The first-order valence-corrected chi connectivity index (χ1v) is 13.4. The van der Waals surface area contributed by atoms with E-state index in [-0.39, 0.29) is 46.5 Å². The molecule has 0 fully saturated rings. The van der Waals surface area contributed by atoms with Crippen molar-refractivity contribution in [2.24, 2.45) is 20.5 Å². The van der Waals surface area contributed by atoms with Gasteiger partial charge < -0.3 is 29.7 Å². The van der Waals surface area contributed by atoms with Gasteiger partial charge in [0.15, 0.2) is 0 Å². The van der Waals surface area contributed by atoms with Crippen LogP contribution in [0.15, 0.2) is 62.9 Å². The highest BCUT2D eigenvalue weighted by molar-refractivity contribution is 6.33. The second-order valence-corrected chi connectivity index (χ2v) is 9.40. The van der Waals surface area contributed by atoms with Crippen LogP contribution in [-0.2, 0) is 18.0 Å². The summed E-state index contributed by atoms with van der Waals surface area (Å²) in [5.74, 6) is -0.152. The first-order chi connectivity index (χ1) is 20.6. The number of carbonyl (C=O) groups is 1. The van der Waals surface area contributed by atoms with Crippen molar-refractivity contribution < 1.29 is 34.5 Å². The van der Waals surface area contributed by atoms with Crippen molar-refractivity contribution >= 4 is 51.7 Å². The van der Waals surface area contributed by atoms with E-state index in [0.717, 1.165) is 6.07 Å². The Morgan fingerprint density at radius 3 is 2.02 bits per heavy atom. The fourth-order valence-electron chi connectivity index (χ4n) is 4.07. The SMILES string of the molecule is CCN(CCCC(=O)O)c1cc(CO)c(N=Nc2cc(CO)c(N=Nc3ccc([N+](=O)[O-])cc3Cl)cc2OC)cc1OC. The molecule has 0 saturated heterocycles. The van der Waals surface area contributed by atoms with E-state index in [4.69, 9.17) is 26.2 Å². The molecule has 0 atom stereocenters. The number of anilines is 1. The van der Waals surface area contributed by atoms with Crippen molar-refractivity contribution in [1.82, 2.24) is 0 Å². The van der Waals surface area contributed by atoms with Gasteiger partial charge >= 0.3 is 5.97 Å². The van der Waals surface area contributed by atoms with Crippen LogP contribution in [0, 0.1) is 10.1 Å². The number of halogens is 1. The molecular weight excluding hydrogens is 584 g/mol. The second-order valence-electron chi connectivity index (χ2n) is 8.99. The zero-order chi connectivity index (χ0) is 31.5. The number of hydrogen-bond acceptors (Lipinski definition) is 12. The fourth-order valence-corrected chi connectivity index (χ4v) is 4.28. The summed E-state index contributed by atoms with van der Waals surface area (Å²) in [5, 5.41) is 56.8. The second kappa shape index (κ2) is 15.5. The van der Waals surface area contributed by atoms with Gasteiger partial charge in [-0.3, -0.25) is 14.9 Å². The monoisotopic (exact) mass is 614 g/mol. The summed E-state index contributed by atoms with van der Waals surface area (Å²) in [5.41, 5.74) is 2.32. The normalized spacial score (nSPS) is 11.3. The maximum Gasteiger partial charge on any atom is 0.303 e. The number of aliphatic hydroxyl groups is 2. The zero-order valence-corrected chi connectivity index (χ0v) is 24.5. The minimum atomic E-state index is -0.875. The minimum Gasteiger partial charge on any atom is -0.495 e. The van der Waals surface area contributed by atoms with Crippen LogP contribution < -0.4 is 14.4 Å². The molecule has 0 spiro atoms. The number of nitrogens with zero attached hydrogens (tertiary/aromatic N) is 6. The topological polar surface area (TPSA) is 192 Å². The van der Waals surface area contributed by atoms with E-state index >= 15 is 0 Å². The summed E-state index contributed by atoms with van der Waals surface area (Å²) in [7, 11) is 2.92. The van der Waals surface area contributed by atoms with Gasteiger partial charge in [0.2, 0.25) is 0 Å². The molecule has 3 rings (SSSR count). The lowest BCUT2D eigenvalue weighted by Gasteiger charge is -2.26. The number of azo groups is 2. The van der Waals surface area contributed by atoms with Gasteiger partial charge in [-0.25, -0.2) is 0 Å². The first kappa shape index (κ1) is 32.8. The summed E-state index contributed by atoms with van der Waals surface area (Å²) in [4.78, 5) is 23.3. The van der Waals surface area contributed by atoms with E-state index in [9.17, 15) is 25.1 Å². The molecule has 14 nitrogen and oxygen atoms in total. The first-order valence-electron chi connectivity index (χ1n) is 13.0. The van der Waals surface area contributed by atoms with Crippen LogP contribution in [-0.4, -0.2) is 53.5 Å². The molecule has 43 heavy (non-hydrogen) atoms. The molecule has 0 bridgehead atoms. The van der Waals surface area contributed by atoms with Gasteiger partial charge in [-0.2, -0.15) is 0 Å². The average molecular weight is 615 g/mol. The third-order valence-electron chi connectivity index (χ3n) is 6.32. The number of methoxy groups -OCH3 is 2. The van der Waals surface area contributed by atoms with Crippen LogP contribution in [0.3, 0.4) is 0 Å². The molecule has 0 aliphatic rings. The number of ether oxygens (including phenoxy) is 2. The highest BCUT2D eigenvalue weighted by Crippen LogP contribution is 2.40. The van der Waals surface area contributed by atoms with E-state index in [1.807, 2.05) is 11.8 Å². The molecule has 0 aromatic heterocycles. The van der Waals surface area contributed by atoms with Gasteiger partial charge in [0, 0.05) is 54.9 Å². The molecule has 15 heteroatoms. The molecule has 3 N–H and O–H groups in total. The molecule has 0 aliphatic carbocycles. The zero-order valence-electron chi connectivity index (χ0n) is 23.7. The van der Waals surface area contributed by atoms with Gasteiger partial charge in [0.05, 0.1) is 54.4 Å². The number of aliphatic hydroxyl groups excluding tert-OH is 2. The Kier molecular flexibility index (Phi) is 11.9. The average Bonchev–Trinajstić information content (AvgIpc) is 3.00. The Bertz CT molecular complexity index is 1530. The van der Waals surface area contributed by atoms with Crippen LogP contribution >= 0.6 is 11.6 Å². The summed E-state index contributed by atoms with van der Waals surface area (Å²) in [6, 6.07) is 10.1. The van der Waals surface area contributed by atoms with E-state index < -0.39 is 17.5 Å². The highest BCUT2D eigenvalue weighted by Gasteiger charge is 2.17. The maximum atomic E-state index is 10.9. The molecule has 3 aromatic carbocycles. The number of nitro benzene ring substituents is 1. The predicted molar refractivity (Wildman–Crippen MR) is 159 cm³/mol. The molecule has 0 aliphatic heterocycles. The van der Waals surface area contributed by atoms with Gasteiger partial charge in [0.1, 0.15) is 22.9 Å². The number of aliphatic carboxylic acids is 1. The lowest BCUT2D eigenvalue weighted by molar-refractivity contribution is -0.384. The van der Waals surface area contributed by atoms with Crippen LogP contribution in [0.25, 0.3) is 0 Å². The Labute approximate surface area is 252 Å². The lowest BCUT2D eigenvalue weighted by Crippen LogP contribution is -2.25. The third-order valence-corrected chi connectivity index (χ3v) is 6.62. The number of benzene rings is 3. The molecule has 0 unspecified atom stereocenters. The van der Waals surface area contributed by atoms with E-state index in [2.05, 4.69) is 20.5 Å². The Balaban J connectivity index is 1.95. The lowest BCUT2D eigenvalue weighted by atomic mass is 10.1. The van der Waals surface area contributed by atoms with Crippen molar-refractivity contribution in [3.63, 3.8) is 0 Å². The summed E-state index contributed by atoms with van der Waals surface area (Å²) < 4.78 is 11.0. The summed E-state index contributed by atoms with van der Waals surface area (Å²) in [6.07, 6.45) is 0.465. The number of nitro groups is 1. The highest BCUT2D eigenvalue weighted by atomic mass is 35.5. The Morgan fingerprint density at radius 1 is 0.907 bits per heavy atom. The van der Waals surface area contributed by atoms with Crippen molar-refractivity contribution in [1.29, 1.82) is 0 Å². The van der Waals surface area contributed by atoms with Crippen molar-refractivity contribution in [3.8, 4) is 11.5 Å². The van der Waals surface area contributed by atoms with Crippen molar-refractivity contribution in [3.05, 3.63) is 68.7 Å². The smallest absolute Gasteiger partial charge is 0.303 e. The van der Waals surface area contributed by atoms with E-state index in [0.29, 0.717) is 47.8 Å². The van der Waals surface area contributed by atoms with Gasteiger partial charge in [-0.1, -0.05) is 11.6 Å². The van der Waals surface area contributed by atoms with Gasteiger partial charge in [0.25, 0.3) is 5.69 Å². The van der Waals surface area contributed by atoms with Crippen molar-refractivity contribution in [2.75, 3.05) is 32.2 Å². The quantitative estimate of drug-likeness (QED) is 0.0940. The van der Waals surface area contributed by atoms with Crippen molar-refractivity contribution in [2.45, 2.75) is 33.0 Å². The molecular formula is C28H31ClN6O8. The number of hydrogen-bond donors (Lipinski definition) is 3. The maximum absolute atomic E-state index is 10.9. The predicted octanol–water partition coefficient (Wildman–Crippen LogP) is 6.77. The van der Waals surface area contributed by atoms with Crippen LogP contribution in [0.2, 0.25) is 5.02 Å². The van der Waals surface area contributed by atoms with Crippen LogP contribution in [0.4, 0.5) is 34.1 Å². The third kappa shape index (κ3) is 8.44.